The highest BCUT2D eigenvalue weighted by Crippen LogP contribution is 2.24. The highest BCUT2D eigenvalue weighted by molar-refractivity contribution is 5.93. The van der Waals surface area contributed by atoms with E-state index in [-0.39, 0.29) is 0 Å². The Labute approximate surface area is 137 Å². The molecule has 23 heavy (non-hydrogen) atoms. The molecule has 4 nitrogen and oxygen atoms in total. The summed E-state index contributed by atoms with van der Waals surface area (Å²) in [6.07, 6.45) is 0. The van der Waals surface area contributed by atoms with Gasteiger partial charge in [0.05, 0.1) is 0 Å². The van der Waals surface area contributed by atoms with Crippen molar-refractivity contribution in [3.8, 4) is 16.9 Å². The predicted molar refractivity (Wildman–Crippen MR) is 93.6 cm³/mol. The summed E-state index contributed by atoms with van der Waals surface area (Å²) in [7, 11) is 0. The van der Waals surface area contributed by atoms with Crippen molar-refractivity contribution >= 4 is 5.91 Å². The molecule has 0 aliphatic heterocycles. The van der Waals surface area contributed by atoms with Crippen LogP contribution < -0.4 is 15.8 Å². The molecule has 0 atom stereocenters. The molecule has 0 radical (unpaired) electrons. The van der Waals surface area contributed by atoms with E-state index in [9.17, 15) is 4.79 Å². The van der Waals surface area contributed by atoms with Crippen molar-refractivity contribution in [2.45, 2.75) is 13.8 Å². The zero-order valence-electron chi connectivity index (χ0n) is 13.7. The summed E-state index contributed by atoms with van der Waals surface area (Å²) in [4.78, 5) is 11.1. The second kappa shape index (κ2) is 8.34. The number of carbonyl (C=O) groups is 1. The Kier molecular flexibility index (Phi) is 6.18. The molecule has 0 saturated heterocycles. The van der Waals surface area contributed by atoms with Crippen molar-refractivity contribution in [2.75, 3.05) is 19.7 Å². The molecule has 122 valence electrons. The van der Waals surface area contributed by atoms with Gasteiger partial charge in [-0.15, -0.1) is 0 Å². The summed E-state index contributed by atoms with van der Waals surface area (Å²) in [5.41, 5.74) is 7.85. The van der Waals surface area contributed by atoms with Crippen molar-refractivity contribution in [1.29, 1.82) is 0 Å². The number of nitrogens with two attached hydrogens (primary N) is 1. The van der Waals surface area contributed by atoms with E-state index >= 15 is 0 Å². The fraction of sp³-hybridized carbons (Fsp3) is 0.316. The van der Waals surface area contributed by atoms with Crippen LogP contribution in [-0.2, 0) is 0 Å². The van der Waals surface area contributed by atoms with Crippen LogP contribution in [0.4, 0.5) is 0 Å². The zero-order valence-corrected chi connectivity index (χ0v) is 13.7. The molecule has 0 spiro atoms. The number of amides is 1. The maximum absolute atomic E-state index is 11.1. The summed E-state index contributed by atoms with van der Waals surface area (Å²) >= 11 is 0. The number of hydrogen-bond donors (Lipinski definition) is 2. The second-order valence-electron chi connectivity index (χ2n) is 5.92. The van der Waals surface area contributed by atoms with Crippen LogP contribution in [0.3, 0.4) is 0 Å². The molecule has 0 aromatic heterocycles. The number of carbonyl (C=O) groups excluding carboxylic acids is 1. The Morgan fingerprint density at radius 3 is 2.52 bits per heavy atom. The highest BCUT2D eigenvalue weighted by atomic mass is 16.5. The Balaban J connectivity index is 1.95. The van der Waals surface area contributed by atoms with Gasteiger partial charge in [-0.1, -0.05) is 38.1 Å². The van der Waals surface area contributed by atoms with Crippen LogP contribution in [0.1, 0.15) is 24.2 Å². The normalized spacial score (nSPS) is 10.7. The van der Waals surface area contributed by atoms with Crippen LogP contribution >= 0.6 is 0 Å². The molecular weight excluding hydrogens is 288 g/mol. The topological polar surface area (TPSA) is 64.3 Å². The van der Waals surface area contributed by atoms with Crippen LogP contribution in [0.15, 0.2) is 48.5 Å². The average molecular weight is 312 g/mol. The lowest BCUT2D eigenvalue weighted by molar-refractivity contribution is 0.100. The minimum atomic E-state index is -0.414. The van der Waals surface area contributed by atoms with Crippen molar-refractivity contribution in [1.82, 2.24) is 5.32 Å². The molecule has 0 aliphatic rings. The first-order chi connectivity index (χ1) is 11.1. The smallest absolute Gasteiger partial charge is 0.248 e. The number of hydrogen-bond acceptors (Lipinski definition) is 3. The fourth-order valence-electron chi connectivity index (χ4n) is 2.22. The summed E-state index contributed by atoms with van der Waals surface area (Å²) in [6.45, 7) is 6.82. The first kappa shape index (κ1) is 17.0. The van der Waals surface area contributed by atoms with Gasteiger partial charge in [-0.2, -0.15) is 0 Å². The molecule has 0 saturated carbocycles. The van der Waals surface area contributed by atoms with Crippen LogP contribution in [0.25, 0.3) is 11.1 Å². The van der Waals surface area contributed by atoms with Crippen LogP contribution in [-0.4, -0.2) is 25.6 Å². The van der Waals surface area contributed by atoms with Gasteiger partial charge in [0.25, 0.3) is 0 Å². The van der Waals surface area contributed by atoms with E-state index in [2.05, 4.69) is 19.2 Å². The summed E-state index contributed by atoms with van der Waals surface area (Å²) in [5.74, 6) is 1.07. The lowest BCUT2D eigenvalue weighted by atomic mass is 10.0. The largest absolute Gasteiger partial charge is 0.492 e. The molecule has 2 aromatic rings. The third-order valence-corrected chi connectivity index (χ3v) is 3.44. The number of primary amides is 1. The van der Waals surface area contributed by atoms with E-state index in [0.717, 1.165) is 30.0 Å². The van der Waals surface area contributed by atoms with E-state index in [1.54, 1.807) is 12.1 Å². The van der Waals surface area contributed by atoms with Crippen molar-refractivity contribution in [3.05, 3.63) is 54.1 Å². The number of ether oxygens (including phenoxy) is 1. The molecule has 0 heterocycles. The number of rotatable bonds is 8. The van der Waals surface area contributed by atoms with E-state index in [4.69, 9.17) is 10.5 Å². The van der Waals surface area contributed by atoms with Gasteiger partial charge in [0.2, 0.25) is 5.91 Å². The lowest BCUT2D eigenvalue weighted by Crippen LogP contribution is -2.24. The number of nitrogens with one attached hydrogen (secondary N) is 1. The Bertz CT molecular complexity index is 636. The van der Waals surface area contributed by atoms with E-state index < -0.39 is 5.91 Å². The van der Waals surface area contributed by atoms with Gasteiger partial charge in [-0.25, -0.2) is 0 Å². The lowest BCUT2D eigenvalue weighted by Gasteiger charge is -2.10. The highest BCUT2D eigenvalue weighted by Gasteiger charge is 2.03. The minimum absolute atomic E-state index is 0.414. The first-order valence-corrected chi connectivity index (χ1v) is 7.90. The summed E-state index contributed by atoms with van der Waals surface area (Å²) in [5, 5.41) is 3.35. The molecule has 3 N–H and O–H groups in total. The average Bonchev–Trinajstić information content (AvgIpc) is 2.54. The predicted octanol–water partition coefficient (Wildman–Crippen LogP) is 3.08. The standard InChI is InChI=1S/C19H24N2O2/c1-14(2)13-21-10-11-23-18-5-3-4-17(12-18)15-6-8-16(9-7-15)19(20)22/h3-9,12,14,21H,10-11,13H2,1-2H3,(H2,20,22). The van der Waals surface area contributed by atoms with Gasteiger partial charge in [0, 0.05) is 12.1 Å². The first-order valence-electron chi connectivity index (χ1n) is 7.90. The van der Waals surface area contributed by atoms with Crippen molar-refractivity contribution in [3.63, 3.8) is 0 Å². The maximum Gasteiger partial charge on any atom is 0.248 e. The minimum Gasteiger partial charge on any atom is -0.492 e. The molecular formula is C19H24N2O2. The van der Waals surface area contributed by atoms with Crippen molar-refractivity contribution < 1.29 is 9.53 Å². The number of benzene rings is 2. The Hall–Kier alpha value is -2.33. The molecule has 0 aliphatic carbocycles. The molecule has 2 rings (SSSR count). The summed E-state index contributed by atoms with van der Waals surface area (Å²) in [6, 6.07) is 15.2. The fourth-order valence-corrected chi connectivity index (χ4v) is 2.22. The third-order valence-electron chi connectivity index (χ3n) is 3.44. The molecule has 4 heteroatoms. The van der Waals surface area contributed by atoms with Gasteiger partial charge >= 0.3 is 0 Å². The second-order valence-corrected chi connectivity index (χ2v) is 5.92. The molecule has 1 amide bonds. The van der Waals surface area contributed by atoms with Gasteiger partial charge in [-0.05, 0) is 47.9 Å². The quantitative estimate of drug-likeness (QED) is 0.736. The van der Waals surface area contributed by atoms with E-state index in [1.807, 2.05) is 36.4 Å². The Morgan fingerprint density at radius 2 is 1.87 bits per heavy atom. The molecule has 0 fully saturated rings. The van der Waals surface area contributed by atoms with Gasteiger partial charge in [-0.3, -0.25) is 4.79 Å². The summed E-state index contributed by atoms with van der Waals surface area (Å²) < 4.78 is 5.78. The molecule has 0 bridgehead atoms. The zero-order chi connectivity index (χ0) is 16.7. The third kappa shape index (κ3) is 5.42. The van der Waals surface area contributed by atoms with Crippen LogP contribution in [0.5, 0.6) is 5.75 Å². The van der Waals surface area contributed by atoms with Gasteiger partial charge < -0.3 is 15.8 Å². The van der Waals surface area contributed by atoms with E-state index in [1.165, 1.54) is 0 Å². The Morgan fingerprint density at radius 1 is 1.13 bits per heavy atom. The van der Waals surface area contributed by atoms with Crippen LogP contribution in [0.2, 0.25) is 0 Å². The monoisotopic (exact) mass is 312 g/mol. The molecule has 0 unspecified atom stereocenters. The SMILES string of the molecule is CC(C)CNCCOc1cccc(-c2ccc(C(N)=O)cc2)c1. The van der Waals surface area contributed by atoms with E-state index in [0.29, 0.717) is 18.1 Å². The maximum atomic E-state index is 11.1. The van der Waals surface area contributed by atoms with Gasteiger partial charge in [0.15, 0.2) is 0 Å². The molecule has 2 aromatic carbocycles. The van der Waals surface area contributed by atoms with Gasteiger partial charge in [0.1, 0.15) is 12.4 Å². The van der Waals surface area contributed by atoms with Crippen LogP contribution in [0, 0.1) is 5.92 Å². The van der Waals surface area contributed by atoms with Crippen molar-refractivity contribution in [2.24, 2.45) is 11.7 Å².